The Kier molecular flexibility index (Phi) is 3.87. The summed E-state index contributed by atoms with van der Waals surface area (Å²) in [5.74, 6) is -0.117. The second-order valence-electron chi connectivity index (χ2n) is 4.46. The third kappa shape index (κ3) is 3.00. The van der Waals surface area contributed by atoms with E-state index < -0.39 is 9.84 Å². The largest absolute Gasteiger partial charge is 0.367 e. The van der Waals surface area contributed by atoms with Gasteiger partial charge in [0.2, 0.25) is 0 Å². The fraction of sp³-hybridized carbons (Fsp3) is 0.500. The molecule has 0 amide bonds. The molecule has 1 aliphatic heterocycles. The molecule has 1 saturated heterocycles. The van der Waals surface area contributed by atoms with Gasteiger partial charge in [-0.05, 0) is 30.7 Å². The Balaban J connectivity index is 2.14. The minimum absolute atomic E-state index is 0.0942. The predicted molar refractivity (Wildman–Crippen MR) is 70.0 cm³/mol. The molecule has 0 spiro atoms. The van der Waals surface area contributed by atoms with Crippen LogP contribution in [0.3, 0.4) is 0 Å². The zero-order valence-corrected chi connectivity index (χ0v) is 10.9. The van der Waals surface area contributed by atoms with Gasteiger partial charge in [0, 0.05) is 13.1 Å². The predicted octanol–water partition coefficient (Wildman–Crippen LogP) is 0.562. The molecule has 100 valence electrons. The summed E-state index contributed by atoms with van der Waals surface area (Å²) >= 11 is 0. The van der Waals surface area contributed by atoms with Crippen molar-refractivity contribution in [3.05, 3.63) is 29.6 Å². The molecule has 4 nitrogen and oxygen atoms in total. The molecule has 0 aliphatic carbocycles. The minimum atomic E-state index is -2.93. The molecule has 1 aromatic carbocycles. The highest BCUT2D eigenvalue weighted by atomic mass is 32.2. The summed E-state index contributed by atoms with van der Waals surface area (Å²) < 4.78 is 36.6. The van der Waals surface area contributed by atoms with Crippen molar-refractivity contribution in [2.24, 2.45) is 5.73 Å². The lowest BCUT2D eigenvalue weighted by Gasteiger charge is -2.29. The standard InChI is InChI=1S/C12H17FN2O2S/c13-11-9-10(3-4-14)1-2-12(11)15-5-7-18(16,17)8-6-15/h1-2,9H,3-8,14H2. The van der Waals surface area contributed by atoms with E-state index in [1.165, 1.54) is 6.07 Å². The van der Waals surface area contributed by atoms with Crippen molar-refractivity contribution >= 4 is 15.5 Å². The first-order valence-electron chi connectivity index (χ1n) is 5.96. The van der Waals surface area contributed by atoms with E-state index in [-0.39, 0.29) is 17.3 Å². The van der Waals surface area contributed by atoms with Crippen molar-refractivity contribution in [1.82, 2.24) is 0 Å². The van der Waals surface area contributed by atoms with Crippen LogP contribution in [0.15, 0.2) is 18.2 Å². The number of sulfone groups is 1. The van der Waals surface area contributed by atoms with E-state index in [2.05, 4.69) is 0 Å². The van der Waals surface area contributed by atoms with Gasteiger partial charge >= 0.3 is 0 Å². The topological polar surface area (TPSA) is 63.4 Å². The number of halogens is 1. The number of rotatable bonds is 3. The van der Waals surface area contributed by atoms with E-state index in [4.69, 9.17) is 5.73 Å². The first-order chi connectivity index (χ1) is 8.52. The van der Waals surface area contributed by atoms with Crippen molar-refractivity contribution in [2.75, 3.05) is 36.0 Å². The molecule has 0 bridgehead atoms. The Hall–Kier alpha value is -1.14. The summed E-state index contributed by atoms with van der Waals surface area (Å²) in [7, 11) is -2.93. The second kappa shape index (κ2) is 5.24. The summed E-state index contributed by atoms with van der Waals surface area (Å²) in [4.78, 5) is 1.78. The van der Waals surface area contributed by atoms with E-state index in [0.29, 0.717) is 31.7 Å². The van der Waals surface area contributed by atoms with Crippen LogP contribution in [-0.4, -0.2) is 39.6 Å². The van der Waals surface area contributed by atoms with Crippen LogP contribution < -0.4 is 10.6 Å². The number of nitrogens with zero attached hydrogens (tertiary/aromatic N) is 1. The summed E-state index contributed by atoms with van der Waals surface area (Å²) in [6.45, 7) is 1.20. The van der Waals surface area contributed by atoms with Crippen LogP contribution in [-0.2, 0) is 16.3 Å². The molecular weight excluding hydrogens is 255 g/mol. The molecule has 0 saturated carbocycles. The van der Waals surface area contributed by atoms with E-state index in [1.54, 1.807) is 11.0 Å². The molecule has 1 aliphatic rings. The fourth-order valence-corrected chi connectivity index (χ4v) is 3.28. The second-order valence-corrected chi connectivity index (χ2v) is 6.77. The summed E-state index contributed by atoms with van der Waals surface area (Å²) in [6.07, 6.45) is 0.644. The molecular formula is C12H17FN2O2S. The van der Waals surface area contributed by atoms with Gasteiger partial charge in [0.05, 0.1) is 17.2 Å². The molecule has 2 rings (SSSR count). The molecule has 18 heavy (non-hydrogen) atoms. The highest BCUT2D eigenvalue weighted by Gasteiger charge is 2.23. The van der Waals surface area contributed by atoms with Gasteiger partial charge in [-0.25, -0.2) is 12.8 Å². The minimum Gasteiger partial charge on any atom is -0.367 e. The molecule has 1 heterocycles. The number of nitrogens with two attached hydrogens (primary N) is 1. The quantitative estimate of drug-likeness (QED) is 0.873. The molecule has 1 fully saturated rings. The Morgan fingerprint density at radius 2 is 1.94 bits per heavy atom. The van der Waals surface area contributed by atoms with Crippen LogP contribution in [0.4, 0.5) is 10.1 Å². The number of hydrogen-bond acceptors (Lipinski definition) is 4. The first-order valence-corrected chi connectivity index (χ1v) is 7.78. The van der Waals surface area contributed by atoms with Crippen LogP contribution >= 0.6 is 0 Å². The van der Waals surface area contributed by atoms with Gasteiger partial charge in [-0.1, -0.05) is 6.07 Å². The van der Waals surface area contributed by atoms with Gasteiger partial charge in [0.15, 0.2) is 9.84 Å². The first kappa shape index (κ1) is 13.3. The van der Waals surface area contributed by atoms with Crippen LogP contribution in [0, 0.1) is 5.82 Å². The number of benzene rings is 1. The Morgan fingerprint density at radius 1 is 1.28 bits per heavy atom. The van der Waals surface area contributed by atoms with Gasteiger partial charge in [0.1, 0.15) is 5.82 Å². The maximum Gasteiger partial charge on any atom is 0.153 e. The van der Waals surface area contributed by atoms with E-state index in [0.717, 1.165) is 5.56 Å². The average molecular weight is 272 g/mol. The maximum atomic E-state index is 13.9. The molecule has 6 heteroatoms. The van der Waals surface area contributed by atoms with Crippen molar-refractivity contribution in [3.63, 3.8) is 0 Å². The zero-order valence-electron chi connectivity index (χ0n) is 10.1. The highest BCUT2D eigenvalue weighted by molar-refractivity contribution is 7.91. The molecule has 1 aromatic rings. The lowest BCUT2D eigenvalue weighted by Crippen LogP contribution is -2.40. The van der Waals surface area contributed by atoms with E-state index in [1.807, 2.05) is 6.07 Å². The van der Waals surface area contributed by atoms with Crippen molar-refractivity contribution < 1.29 is 12.8 Å². The highest BCUT2D eigenvalue weighted by Crippen LogP contribution is 2.22. The molecule has 0 atom stereocenters. The van der Waals surface area contributed by atoms with Gasteiger partial charge < -0.3 is 10.6 Å². The Labute approximate surface area is 107 Å². The molecule has 0 aromatic heterocycles. The summed E-state index contributed by atoms with van der Waals surface area (Å²) in [5, 5.41) is 0. The lowest BCUT2D eigenvalue weighted by atomic mass is 10.1. The third-order valence-electron chi connectivity index (χ3n) is 3.13. The van der Waals surface area contributed by atoms with Crippen molar-refractivity contribution in [2.45, 2.75) is 6.42 Å². The number of anilines is 1. The maximum absolute atomic E-state index is 13.9. The van der Waals surface area contributed by atoms with Gasteiger partial charge in [-0.2, -0.15) is 0 Å². The SMILES string of the molecule is NCCc1ccc(N2CCS(=O)(=O)CC2)c(F)c1. The molecule has 0 radical (unpaired) electrons. The summed E-state index contributed by atoms with van der Waals surface area (Å²) in [6, 6.07) is 5.03. The number of hydrogen-bond donors (Lipinski definition) is 1. The Bertz CT molecular complexity index is 517. The average Bonchev–Trinajstić information content (AvgIpc) is 2.31. The smallest absolute Gasteiger partial charge is 0.153 e. The van der Waals surface area contributed by atoms with Gasteiger partial charge in [-0.15, -0.1) is 0 Å². The van der Waals surface area contributed by atoms with Crippen LogP contribution in [0.25, 0.3) is 0 Å². The van der Waals surface area contributed by atoms with Crippen LogP contribution in [0.1, 0.15) is 5.56 Å². The summed E-state index contributed by atoms with van der Waals surface area (Å²) in [5.41, 5.74) is 6.76. The lowest BCUT2D eigenvalue weighted by molar-refractivity contribution is 0.581. The van der Waals surface area contributed by atoms with Crippen LogP contribution in [0.5, 0.6) is 0 Å². The van der Waals surface area contributed by atoms with Crippen molar-refractivity contribution in [1.29, 1.82) is 0 Å². The van der Waals surface area contributed by atoms with Gasteiger partial charge in [0.25, 0.3) is 0 Å². The normalized spacial score (nSPS) is 18.9. The van der Waals surface area contributed by atoms with E-state index in [9.17, 15) is 12.8 Å². The monoisotopic (exact) mass is 272 g/mol. The molecule has 2 N–H and O–H groups in total. The van der Waals surface area contributed by atoms with E-state index >= 15 is 0 Å². The Morgan fingerprint density at radius 3 is 2.50 bits per heavy atom. The van der Waals surface area contributed by atoms with Gasteiger partial charge in [-0.3, -0.25) is 0 Å². The zero-order chi connectivity index (χ0) is 13.2. The molecule has 0 unspecified atom stereocenters. The fourth-order valence-electron chi connectivity index (χ4n) is 2.08. The van der Waals surface area contributed by atoms with Crippen LogP contribution in [0.2, 0.25) is 0 Å². The third-order valence-corrected chi connectivity index (χ3v) is 4.74. The van der Waals surface area contributed by atoms with Crippen molar-refractivity contribution in [3.8, 4) is 0 Å².